The van der Waals surface area contributed by atoms with Crippen molar-refractivity contribution < 1.29 is 5.21 Å². The van der Waals surface area contributed by atoms with Gasteiger partial charge in [0.05, 0.1) is 5.71 Å². The van der Waals surface area contributed by atoms with Gasteiger partial charge in [0.1, 0.15) is 0 Å². The fourth-order valence-electron chi connectivity index (χ4n) is 0.877. The van der Waals surface area contributed by atoms with Gasteiger partial charge in [-0.2, -0.15) is 0 Å². The molecule has 0 aliphatic carbocycles. The molecule has 0 aliphatic rings. The SMILES string of the molecule is CCCCC/C(CC)=N/O. The number of hydrogen-bond donors (Lipinski definition) is 1. The molecule has 60 valence electrons. The van der Waals surface area contributed by atoms with Crippen LogP contribution >= 0.6 is 0 Å². The molecule has 1 N–H and O–H groups in total. The molecule has 2 heteroatoms. The van der Waals surface area contributed by atoms with Gasteiger partial charge in [-0.25, -0.2) is 0 Å². The lowest BCUT2D eigenvalue weighted by molar-refractivity contribution is 0.316. The summed E-state index contributed by atoms with van der Waals surface area (Å²) in [4.78, 5) is 0. The lowest BCUT2D eigenvalue weighted by Gasteiger charge is -1.98. The largest absolute Gasteiger partial charge is 0.411 e. The number of unbranched alkanes of at least 4 members (excludes halogenated alkanes) is 2. The van der Waals surface area contributed by atoms with Crippen LogP contribution in [-0.2, 0) is 0 Å². The Morgan fingerprint density at radius 2 is 2.00 bits per heavy atom. The summed E-state index contributed by atoms with van der Waals surface area (Å²) in [5, 5.41) is 11.6. The molecule has 0 rings (SSSR count). The van der Waals surface area contributed by atoms with Gasteiger partial charge in [-0.3, -0.25) is 0 Å². The normalized spacial score (nSPS) is 12.0. The monoisotopic (exact) mass is 143 g/mol. The maximum atomic E-state index is 8.41. The Balaban J connectivity index is 3.27. The minimum absolute atomic E-state index is 0.875. The zero-order chi connectivity index (χ0) is 7.82. The van der Waals surface area contributed by atoms with Crippen LogP contribution in [0.2, 0.25) is 0 Å². The lowest BCUT2D eigenvalue weighted by Crippen LogP contribution is -1.95. The first-order valence-corrected chi connectivity index (χ1v) is 4.04. The summed E-state index contributed by atoms with van der Waals surface area (Å²) in [5.74, 6) is 0. The molecule has 0 aliphatic heterocycles. The standard InChI is InChI=1S/C8H17NO/c1-3-5-6-7-8(4-2)9-10/h10H,3-7H2,1-2H3/b9-8+. The molecule has 10 heavy (non-hydrogen) atoms. The third kappa shape index (κ3) is 4.36. The molecular formula is C8H17NO. The van der Waals surface area contributed by atoms with Crippen molar-refractivity contribution in [3.05, 3.63) is 0 Å². The van der Waals surface area contributed by atoms with Gasteiger partial charge in [0.15, 0.2) is 0 Å². The Labute approximate surface area is 62.9 Å². The minimum atomic E-state index is 0.875. The van der Waals surface area contributed by atoms with E-state index in [4.69, 9.17) is 5.21 Å². The van der Waals surface area contributed by atoms with Crippen molar-refractivity contribution in [1.82, 2.24) is 0 Å². The number of nitrogens with zero attached hydrogens (tertiary/aromatic N) is 1. The average molecular weight is 143 g/mol. The van der Waals surface area contributed by atoms with Crippen LogP contribution in [0.1, 0.15) is 46.0 Å². The van der Waals surface area contributed by atoms with E-state index in [0.717, 1.165) is 25.0 Å². The quantitative estimate of drug-likeness (QED) is 0.273. The fraction of sp³-hybridized carbons (Fsp3) is 0.875. The first-order chi connectivity index (χ1) is 4.85. The second-order valence-electron chi connectivity index (χ2n) is 2.48. The lowest BCUT2D eigenvalue weighted by atomic mass is 10.1. The molecule has 0 unspecified atom stereocenters. The predicted octanol–water partition coefficient (Wildman–Crippen LogP) is 2.81. The van der Waals surface area contributed by atoms with Gasteiger partial charge in [0.2, 0.25) is 0 Å². The Hall–Kier alpha value is -0.530. The molecular weight excluding hydrogens is 126 g/mol. The van der Waals surface area contributed by atoms with E-state index in [1.807, 2.05) is 6.92 Å². The zero-order valence-corrected chi connectivity index (χ0v) is 6.93. The van der Waals surface area contributed by atoms with Crippen LogP contribution < -0.4 is 0 Å². The third-order valence-corrected chi connectivity index (χ3v) is 1.62. The van der Waals surface area contributed by atoms with Crippen LogP contribution in [0.5, 0.6) is 0 Å². The summed E-state index contributed by atoms with van der Waals surface area (Å²) in [6.07, 6.45) is 5.45. The second-order valence-corrected chi connectivity index (χ2v) is 2.48. The number of rotatable bonds is 5. The summed E-state index contributed by atoms with van der Waals surface area (Å²) in [6, 6.07) is 0. The average Bonchev–Trinajstić information content (AvgIpc) is 1.99. The molecule has 0 radical (unpaired) electrons. The number of oxime groups is 1. The molecule has 0 spiro atoms. The predicted molar refractivity (Wildman–Crippen MR) is 43.7 cm³/mol. The summed E-state index contributed by atoms with van der Waals surface area (Å²) in [5.41, 5.74) is 0.924. The van der Waals surface area contributed by atoms with Crippen LogP contribution in [0.4, 0.5) is 0 Å². The Bertz CT molecular complexity index is 99.4. The second kappa shape index (κ2) is 6.59. The third-order valence-electron chi connectivity index (χ3n) is 1.62. The van der Waals surface area contributed by atoms with Gasteiger partial charge in [-0.1, -0.05) is 31.8 Å². The van der Waals surface area contributed by atoms with Crippen LogP contribution in [0.3, 0.4) is 0 Å². The highest BCUT2D eigenvalue weighted by Gasteiger charge is 1.94. The van der Waals surface area contributed by atoms with Gasteiger partial charge in [-0.05, 0) is 19.3 Å². The molecule has 0 aromatic rings. The molecule has 0 saturated carbocycles. The van der Waals surface area contributed by atoms with E-state index in [9.17, 15) is 0 Å². The molecule has 0 aromatic carbocycles. The van der Waals surface area contributed by atoms with E-state index >= 15 is 0 Å². The minimum Gasteiger partial charge on any atom is -0.411 e. The fourth-order valence-corrected chi connectivity index (χ4v) is 0.877. The molecule has 0 saturated heterocycles. The maximum absolute atomic E-state index is 8.41. The highest BCUT2D eigenvalue weighted by molar-refractivity contribution is 5.83. The van der Waals surface area contributed by atoms with Gasteiger partial charge >= 0.3 is 0 Å². The van der Waals surface area contributed by atoms with Crippen molar-refractivity contribution in [2.45, 2.75) is 46.0 Å². The zero-order valence-electron chi connectivity index (χ0n) is 6.93. The Morgan fingerprint density at radius 1 is 1.30 bits per heavy atom. The summed E-state index contributed by atoms with van der Waals surface area (Å²) in [6.45, 7) is 4.18. The topological polar surface area (TPSA) is 32.6 Å². The number of hydrogen-bond acceptors (Lipinski definition) is 2. The van der Waals surface area contributed by atoms with E-state index in [0.29, 0.717) is 0 Å². The summed E-state index contributed by atoms with van der Waals surface area (Å²) in [7, 11) is 0. The van der Waals surface area contributed by atoms with Crippen molar-refractivity contribution in [3.8, 4) is 0 Å². The molecule has 0 amide bonds. The van der Waals surface area contributed by atoms with E-state index < -0.39 is 0 Å². The van der Waals surface area contributed by atoms with Crippen LogP contribution in [0.25, 0.3) is 0 Å². The van der Waals surface area contributed by atoms with Crippen molar-refractivity contribution in [3.63, 3.8) is 0 Å². The summed E-state index contributed by atoms with van der Waals surface area (Å²) < 4.78 is 0. The highest BCUT2D eigenvalue weighted by atomic mass is 16.4. The summed E-state index contributed by atoms with van der Waals surface area (Å²) >= 11 is 0. The van der Waals surface area contributed by atoms with Crippen molar-refractivity contribution in [1.29, 1.82) is 0 Å². The van der Waals surface area contributed by atoms with Crippen LogP contribution in [0, 0.1) is 0 Å². The van der Waals surface area contributed by atoms with Gasteiger partial charge in [0, 0.05) is 0 Å². The molecule has 0 bridgehead atoms. The van der Waals surface area contributed by atoms with E-state index in [1.165, 1.54) is 12.8 Å². The van der Waals surface area contributed by atoms with E-state index in [2.05, 4.69) is 12.1 Å². The van der Waals surface area contributed by atoms with Crippen LogP contribution in [0.15, 0.2) is 5.16 Å². The van der Waals surface area contributed by atoms with Gasteiger partial charge in [0.25, 0.3) is 0 Å². The highest BCUT2D eigenvalue weighted by Crippen LogP contribution is 2.02. The first kappa shape index (κ1) is 9.47. The Kier molecular flexibility index (Phi) is 6.24. The molecule has 0 aromatic heterocycles. The molecule has 0 fully saturated rings. The smallest absolute Gasteiger partial charge is 0.0568 e. The van der Waals surface area contributed by atoms with Crippen molar-refractivity contribution in [2.24, 2.45) is 5.16 Å². The molecule has 0 atom stereocenters. The van der Waals surface area contributed by atoms with Crippen LogP contribution in [-0.4, -0.2) is 10.9 Å². The molecule has 2 nitrogen and oxygen atoms in total. The van der Waals surface area contributed by atoms with Crippen molar-refractivity contribution >= 4 is 5.71 Å². The van der Waals surface area contributed by atoms with Gasteiger partial charge < -0.3 is 5.21 Å². The van der Waals surface area contributed by atoms with Crippen molar-refractivity contribution in [2.75, 3.05) is 0 Å². The van der Waals surface area contributed by atoms with Gasteiger partial charge in [-0.15, -0.1) is 0 Å². The van der Waals surface area contributed by atoms with E-state index in [-0.39, 0.29) is 0 Å². The van der Waals surface area contributed by atoms with E-state index in [1.54, 1.807) is 0 Å². The maximum Gasteiger partial charge on any atom is 0.0568 e. The molecule has 0 heterocycles. The Morgan fingerprint density at radius 3 is 2.40 bits per heavy atom. The first-order valence-electron chi connectivity index (χ1n) is 4.04.